The van der Waals surface area contributed by atoms with Gasteiger partial charge in [-0.3, -0.25) is 0 Å². The molecule has 2 aromatic heterocycles. The number of methoxy groups -OCH3 is 3. The minimum Gasteiger partial charge on any atom is -0.493 e. The molecule has 0 atom stereocenters. The molecule has 0 aliphatic rings. The zero-order valence-corrected chi connectivity index (χ0v) is 15.6. The molecule has 0 fully saturated rings. The molecular weight excluding hydrogens is 360 g/mol. The summed E-state index contributed by atoms with van der Waals surface area (Å²) in [6.07, 6.45) is 3.31. The highest BCUT2D eigenvalue weighted by molar-refractivity contribution is 6.00. The molecule has 4 rings (SSSR count). The Hall–Kier alpha value is -3.67. The lowest BCUT2D eigenvalue weighted by atomic mass is 9.98. The molecule has 2 aromatic carbocycles. The number of hydrogen-bond acceptors (Lipinski definition) is 6. The quantitative estimate of drug-likeness (QED) is 0.467. The lowest BCUT2D eigenvalue weighted by Crippen LogP contribution is -2.02. The van der Waals surface area contributed by atoms with Gasteiger partial charge in [0.1, 0.15) is 5.58 Å². The van der Waals surface area contributed by atoms with Gasteiger partial charge in [-0.05, 0) is 17.2 Å². The van der Waals surface area contributed by atoms with Crippen molar-refractivity contribution in [3.05, 3.63) is 65.4 Å². The first-order valence-corrected chi connectivity index (χ1v) is 8.56. The molecule has 28 heavy (non-hydrogen) atoms. The second kappa shape index (κ2) is 7.15. The van der Waals surface area contributed by atoms with Gasteiger partial charge in [0.25, 0.3) is 0 Å². The van der Waals surface area contributed by atoms with Crippen molar-refractivity contribution in [2.45, 2.75) is 0 Å². The summed E-state index contributed by atoms with van der Waals surface area (Å²) in [6.45, 7) is 0. The maximum absolute atomic E-state index is 12.2. The van der Waals surface area contributed by atoms with Crippen LogP contribution in [0.5, 0.6) is 17.2 Å². The fourth-order valence-electron chi connectivity index (χ4n) is 3.30. The topological polar surface area (TPSA) is 71.0 Å². The van der Waals surface area contributed by atoms with Crippen LogP contribution in [0.3, 0.4) is 0 Å². The highest BCUT2D eigenvalue weighted by Crippen LogP contribution is 2.46. The number of benzene rings is 2. The normalized spacial score (nSPS) is 10.8. The lowest BCUT2D eigenvalue weighted by molar-refractivity contribution is 0.326. The van der Waals surface area contributed by atoms with Gasteiger partial charge in [-0.15, -0.1) is 0 Å². The molecule has 0 spiro atoms. The van der Waals surface area contributed by atoms with Crippen LogP contribution in [-0.2, 0) is 0 Å². The first kappa shape index (κ1) is 17.7. The van der Waals surface area contributed by atoms with Gasteiger partial charge >= 0.3 is 5.63 Å². The lowest BCUT2D eigenvalue weighted by Gasteiger charge is -2.16. The predicted octanol–water partition coefficient (Wildman–Crippen LogP) is 4.75. The Balaban J connectivity index is 1.97. The third kappa shape index (κ3) is 2.89. The molecule has 0 amide bonds. The van der Waals surface area contributed by atoms with Crippen molar-refractivity contribution < 1.29 is 23.0 Å². The monoisotopic (exact) mass is 378 g/mol. The number of rotatable bonds is 5. The first-order chi connectivity index (χ1) is 13.7. The summed E-state index contributed by atoms with van der Waals surface area (Å²) < 4.78 is 27.0. The van der Waals surface area contributed by atoms with E-state index in [4.69, 9.17) is 23.0 Å². The molecule has 0 N–H and O–H groups in total. The van der Waals surface area contributed by atoms with Crippen molar-refractivity contribution in [1.29, 1.82) is 0 Å². The molecule has 142 valence electrons. The summed E-state index contributed by atoms with van der Waals surface area (Å²) in [4.78, 5) is 12.2. The maximum Gasteiger partial charge on any atom is 0.336 e. The van der Waals surface area contributed by atoms with Crippen LogP contribution in [-0.4, -0.2) is 21.3 Å². The molecule has 0 aliphatic carbocycles. The average Bonchev–Trinajstić information content (AvgIpc) is 3.26. The van der Waals surface area contributed by atoms with Crippen LogP contribution in [0.4, 0.5) is 0 Å². The minimum absolute atomic E-state index is 0.357. The van der Waals surface area contributed by atoms with E-state index < -0.39 is 5.63 Å². The molecule has 0 aliphatic heterocycles. The molecule has 0 saturated heterocycles. The smallest absolute Gasteiger partial charge is 0.336 e. The highest BCUT2D eigenvalue weighted by atomic mass is 16.5. The molecule has 0 saturated carbocycles. The standard InChI is InChI=1S/C22H18O6/c1-24-18-11-17-20(22(26-3)21(18)25-2)16(10-19(23)28-17)14-6-4-13(5-7-14)15-8-9-27-12-15/h4-12H,1-3H3. The predicted molar refractivity (Wildman–Crippen MR) is 105 cm³/mol. The molecule has 4 aromatic rings. The zero-order chi connectivity index (χ0) is 19.7. The van der Waals surface area contributed by atoms with Crippen molar-refractivity contribution in [3.63, 3.8) is 0 Å². The van der Waals surface area contributed by atoms with Gasteiger partial charge in [-0.25, -0.2) is 4.79 Å². The van der Waals surface area contributed by atoms with Crippen molar-refractivity contribution >= 4 is 11.0 Å². The molecule has 0 bridgehead atoms. The second-order valence-electron chi connectivity index (χ2n) is 6.09. The molecule has 2 heterocycles. The van der Waals surface area contributed by atoms with E-state index in [1.807, 2.05) is 30.3 Å². The van der Waals surface area contributed by atoms with E-state index in [-0.39, 0.29) is 0 Å². The minimum atomic E-state index is -0.462. The number of fused-ring (bicyclic) bond motifs is 1. The van der Waals surface area contributed by atoms with Crippen molar-refractivity contribution in [3.8, 4) is 39.5 Å². The summed E-state index contributed by atoms with van der Waals surface area (Å²) in [5.41, 5.74) is 3.41. The van der Waals surface area contributed by atoms with E-state index in [0.717, 1.165) is 16.7 Å². The summed E-state index contributed by atoms with van der Waals surface area (Å²) in [5, 5.41) is 0.635. The van der Waals surface area contributed by atoms with Gasteiger partial charge in [-0.2, -0.15) is 0 Å². The van der Waals surface area contributed by atoms with Crippen LogP contribution in [0.25, 0.3) is 33.2 Å². The number of hydrogen-bond donors (Lipinski definition) is 0. The van der Waals surface area contributed by atoms with E-state index in [1.165, 1.54) is 27.4 Å². The van der Waals surface area contributed by atoms with Gasteiger partial charge < -0.3 is 23.0 Å². The fraction of sp³-hybridized carbons (Fsp3) is 0.136. The van der Waals surface area contributed by atoms with Crippen LogP contribution in [0, 0.1) is 0 Å². The van der Waals surface area contributed by atoms with Crippen molar-refractivity contribution in [2.75, 3.05) is 21.3 Å². The Labute approximate surface area is 160 Å². The van der Waals surface area contributed by atoms with Crippen molar-refractivity contribution in [2.24, 2.45) is 0 Å². The molecule has 6 nitrogen and oxygen atoms in total. The summed E-state index contributed by atoms with van der Waals surface area (Å²) in [6, 6.07) is 12.8. The van der Waals surface area contributed by atoms with Crippen molar-refractivity contribution in [1.82, 2.24) is 0 Å². The van der Waals surface area contributed by atoms with E-state index in [9.17, 15) is 4.79 Å². The Kier molecular flexibility index (Phi) is 4.53. The highest BCUT2D eigenvalue weighted by Gasteiger charge is 2.21. The van der Waals surface area contributed by atoms with E-state index in [1.54, 1.807) is 18.6 Å². The number of furan rings is 1. The number of ether oxygens (including phenoxy) is 3. The third-order valence-electron chi connectivity index (χ3n) is 4.59. The Morgan fingerprint density at radius 3 is 2.11 bits per heavy atom. The summed E-state index contributed by atoms with van der Waals surface area (Å²) in [7, 11) is 4.58. The fourth-order valence-corrected chi connectivity index (χ4v) is 3.30. The summed E-state index contributed by atoms with van der Waals surface area (Å²) in [5.74, 6) is 1.29. The van der Waals surface area contributed by atoms with Crippen LogP contribution in [0.2, 0.25) is 0 Å². The summed E-state index contributed by atoms with van der Waals surface area (Å²) >= 11 is 0. The van der Waals surface area contributed by atoms with Gasteiger partial charge in [0.15, 0.2) is 11.5 Å². The van der Waals surface area contributed by atoms with Gasteiger partial charge in [0.2, 0.25) is 5.75 Å². The first-order valence-electron chi connectivity index (χ1n) is 8.56. The Morgan fingerprint density at radius 2 is 1.50 bits per heavy atom. The zero-order valence-electron chi connectivity index (χ0n) is 15.6. The molecule has 6 heteroatoms. The van der Waals surface area contributed by atoms with Crippen LogP contribution in [0.15, 0.2) is 68.6 Å². The van der Waals surface area contributed by atoms with Crippen LogP contribution >= 0.6 is 0 Å². The van der Waals surface area contributed by atoms with Crippen LogP contribution < -0.4 is 19.8 Å². The van der Waals surface area contributed by atoms with Gasteiger partial charge in [0.05, 0.1) is 39.2 Å². The Bertz CT molecular complexity index is 1170. The van der Waals surface area contributed by atoms with E-state index >= 15 is 0 Å². The molecule has 0 radical (unpaired) electrons. The van der Waals surface area contributed by atoms with E-state index in [2.05, 4.69) is 0 Å². The van der Waals surface area contributed by atoms with Crippen LogP contribution in [0.1, 0.15) is 0 Å². The Morgan fingerprint density at radius 1 is 0.786 bits per heavy atom. The maximum atomic E-state index is 12.2. The second-order valence-corrected chi connectivity index (χ2v) is 6.09. The SMILES string of the molecule is COc1cc2oc(=O)cc(-c3ccc(-c4ccoc4)cc3)c2c(OC)c1OC. The molecule has 0 unspecified atom stereocenters. The van der Waals surface area contributed by atoms with Gasteiger partial charge in [-0.1, -0.05) is 24.3 Å². The average molecular weight is 378 g/mol. The third-order valence-corrected chi connectivity index (χ3v) is 4.59. The molecular formula is C22H18O6. The van der Waals surface area contributed by atoms with E-state index in [0.29, 0.717) is 33.8 Å². The van der Waals surface area contributed by atoms with Gasteiger partial charge in [0, 0.05) is 23.3 Å². The largest absolute Gasteiger partial charge is 0.493 e.